The quantitative estimate of drug-likeness (QED) is 0.501. The van der Waals surface area contributed by atoms with E-state index in [0.29, 0.717) is 0 Å². The maximum absolute atomic E-state index is 6.03. The van der Waals surface area contributed by atoms with Gasteiger partial charge in [-0.25, -0.2) is 0 Å². The molecule has 0 aromatic carbocycles. The van der Waals surface area contributed by atoms with E-state index >= 15 is 0 Å². The van der Waals surface area contributed by atoms with Gasteiger partial charge in [-0.1, -0.05) is 0 Å². The molecule has 0 spiro atoms. The van der Waals surface area contributed by atoms with Gasteiger partial charge in [0.25, 0.3) is 0 Å². The summed E-state index contributed by atoms with van der Waals surface area (Å²) in [6, 6.07) is 0. The fourth-order valence-electron chi connectivity index (χ4n) is 1.33. The second-order valence-electron chi connectivity index (χ2n) is 3.49. The Labute approximate surface area is 79.9 Å². The van der Waals surface area contributed by atoms with E-state index in [-0.39, 0.29) is 0 Å². The van der Waals surface area contributed by atoms with Crippen LogP contribution in [0.2, 0.25) is 15.8 Å². The summed E-state index contributed by atoms with van der Waals surface area (Å²) >= 11 is -1.84. The first-order chi connectivity index (χ1) is 5.60. The second kappa shape index (κ2) is 5.81. The monoisotopic (exact) mass is 232 g/mol. The van der Waals surface area contributed by atoms with Gasteiger partial charge >= 0.3 is 79.6 Å². The van der Waals surface area contributed by atoms with Crippen molar-refractivity contribution in [1.29, 1.82) is 0 Å². The summed E-state index contributed by atoms with van der Waals surface area (Å²) in [5.74, 6) is 0. The molecule has 0 amide bonds. The van der Waals surface area contributed by atoms with E-state index in [2.05, 4.69) is 27.4 Å². The van der Waals surface area contributed by atoms with Gasteiger partial charge in [-0.2, -0.15) is 0 Å². The van der Waals surface area contributed by atoms with Crippen molar-refractivity contribution < 1.29 is 3.76 Å². The van der Waals surface area contributed by atoms with Gasteiger partial charge in [0.1, 0.15) is 0 Å². The van der Waals surface area contributed by atoms with E-state index in [1.54, 1.807) is 0 Å². The van der Waals surface area contributed by atoms with Gasteiger partial charge in [-0.05, 0) is 0 Å². The van der Waals surface area contributed by atoms with Crippen LogP contribution in [0, 0.1) is 0 Å². The molecule has 0 aromatic heterocycles. The van der Waals surface area contributed by atoms with Gasteiger partial charge in [0.05, 0.1) is 0 Å². The van der Waals surface area contributed by atoms with Crippen molar-refractivity contribution >= 4 is 13.6 Å². The Balaban J connectivity index is 4.01. The van der Waals surface area contributed by atoms with Crippen LogP contribution in [0.5, 0.6) is 0 Å². The van der Waals surface area contributed by atoms with Gasteiger partial charge in [0.15, 0.2) is 0 Å². The van der Waals surface area contributed by atoms with E-state index in [1.807, 2.05) is 6.92 Å². The normalized spacial score (nSPS) is 11.7. The average molecular weight is 231 g/mol. The van der Waals surface area contributed by atoms with Gasteiger partial charge in [0, 0.05) is 0 Å². The summed E-state index contributed by atoms with van der Waals surface area (Å²) in [6.07, 6.45) is 0. The van der Waals surface area contributed by atoms with E-state index < -0.39 is 13.6 Å². The van der Waals surface area contributed by atoms with Crippen LogP contribution < -0.4 is 0 Å². The molecular formula is C10H22GeO. The summed E-state index contributed by atoms with van der Waals surface area (Å²) in [5.41, 5.74) is 1.15. The van der Waals surface area contributed by atoms with Crippen molar-refractivity contribution in [1.82, 2.24) is 0 Å². The molecule has 0 N–H and O–H groups in total. The Morgan fingerprint density at radius 1 is 1.17 bits per heavy atom. The van der Waals surface area contributed by atoms with Crippen LogP contribution in [-0.2, 0) is 3.76 Å². The van der Waals surface area contributed by atoms with Gasteiger partial charge in [0.2, 0.25) is 0 Å². The molecule has 0 bridgehead atoms. The summed E-state index contributed by atoms with van der Waals surface area (Å²) in [5, 5.41) is 3.83. The Morgan fingerprint density at radius 3 is 1.83 bits per heavy atom. The molecule has 0 rings (SSSR count). The number of rotatable bonds is 6. The fraction of sp³-hybridized carbons (Fsp3) is 0.800. The molecule has 0 unspecified atom stereocenters. The van der Waals surface area contributed by atoms with Crippen molar-refractivity contribution in [3.63, 3.8) is 0 Å². The predicted molar refractivity (Wildman–Crippen MR) is 58.0 cm³/mol. The zero-order valence-electron chi connectivity index (χ0n) is 8.94. The summed E-state index contributed by atoms with van der Waals surface area (Å²) in [4.78, 5) is 0. The molecule has 1 nitrogen and oxygen atoms in total. The van der Waals surface area contributed by atoms with Crippen molar-refractivity contribution in [2.45, 2.75) is 43.5 Å². The second-order valence-corrected chi connectivity index (χ2v) is 13.5. The molecule has 2 heteroatoms. The van der Waals surface area contributed by atoms with Crippen molar-refractivity contribution in [3.8, 4) is 0 Å². The summed E-state index contributed by atoms with van der Waals surface area (Å²) in [7, 11) is 0. The minimum absolute atomic E-state index is 0.787. The average Bonchev–Trinajstić information content (AvgIpc) is 2.08. The summed E-state index contributed by atoms with van der Waals surface area (Å²) < 4.78 is 6.03. The third-order valence-electron chi connectivity index (χ3n) is 2.56. The fourth-order valence-corrected chi connectivity index (χ4v) is 6.92. The minimum atomic E-state index is -1.84. The van der Waals surface area contributed by atoms with Gasteiger partial charge < -0.3 is 0 Å². The molecule has 0 aliphatic rings. The molecule has 0 saturated carbocycles. The maximum atomic E-state index is 6.03. The molecule has 0 heterocycles. The summed E-state index contributed by atoms with van der Waals surface area (Å²) in [6.45, 7) is 13.5. The Morgan fingerprint density at radius 2 is 1.58 bits per heavy atom. The molecule has 0 aromatic rings. The van der Waals surface area contributed by atoms with Crippen LogP contribution >= 0.6 is 0 Å². The molecular weight excluding hydrogens is 209 g/mol. The SMILES string of the molecule is C=C(C)C[O][Ge]([CH2]C)([CH2]C)[CH2]C. The Bertz CT molecular complexity index is 131. The molecule has 0 fully saturated rings. The first kappa shape index (κ1) is 12.2. The van der Waals surface area contributed by atoms with Crippen LogP contribution in [0.3, 0.4) is 0 Å². The van der Waals surface area contributed by atoms with Crippen molar-refractivity contribution in [2.75, 3.05) is 6.61 Å². The Hall–Kier alpha value is 0.243. The third-order valence-corrected chi connectivity index (χ3v) is 12.3. The molecule has 0 radical (unpaired) electrons. The molecule has 12 heavy (non-hydrogen) atoms. The van der Waals surface area contributed by atoms with Crippen LogP contribution in [-0.4, -0.2) is 20.2 Å². The molecule has 72 valence electrons. The topological polar surface area (TPSA) is 9.23 Å². The van der Waals surface area contributed by atoms with E-state index in [1.165, 1.54) is 15.8 Å². The first-order valence-electron chi connectivity index (χ1n) is 4.88. The Kier molecular flexibility index (Phi) is 5.93. The first-order valence-corrected chi connectivity index (χ1v) is 10.2. The number of hydrogen-bond donors (Lipinski definition) is 0. The van der Waals surface area contributed by atoms with Crippen LogP contribution in [0.1, 0.15) is 27.7 Å². The van der Waals surface area contributed by atoms with Crippen LogP contribution in [0.4, 0.5) is 0 Å². The van der Waals surface area contributed by atoms with E-state index in [0.717, 1.165) is 12.2 Å². The van der Waals surface area contributed by atoms with Gasteiger partial charge in [-0.15, -0.1) is 0 Å². The molecule has 0 aliphatic heterocycles. The standard InChI is InChI=1S/C10H22GeO/c1-6-11(7-2,8-3)12-9-10(4)5/h4,6-9H2,1-3,5H3. The van der Waals surface area contributed by atoms with Crippen LogP contribution in [0.25, 0.3) is 0 Å². The van der Waals surface area contributed by atoms with E-state index in [9.17, 15) is 0 Å². The molecule has 0 aliphatic carbocycles. The van der Waals surface area contributed by atoms with Gasteiger partial charge in [-0.3, -0.25) is 0 Å². The third kappa shape index (κ3) is 3.77. The van der Waals surface area contributed by atoms with Crippen molar-refractivity contribution in [2.24, 2.45) is 0 Å². The van der Waals surface area contributed by atoms with Crippen LogP contribution in [0.15, 0.2) is 12.2 Å². The zero-order valence-corrected chi connectivity index (χ0v) is 11.0. The molecule has 0 atom stereocenters. The number of hydrogen-bond acceptors (Lipinski definition) is 1. The molecule has 0 saturated heterocycles. The zero-order chi connectivity index (χ0) is 9.61. The predicted octanol–water partition coefficient (Wildman–Crippen LogP) is 3.58. The van der Waals surface area contributed by atoms with Crippen molar-refractivity contribution in [3.05, 3.63) is 12.2 Å². The van der Waals surface area contributed by atoms with E-state index in [4.69, 9.17) is 3.76 Å².